The average Bonchev–Trinajstić information content (AvgIpc) is 3.60. The molecule has 3 aromatic rings. The third-order valence-electron chi connectivity index (χ3n) is 7.46. The molecule has 1 amide bonds. The summed E-state index contributed by atoms with van der Waals surface area (Å²) >= 11 is 6.07. The van der Waals surface area contributed by atoms with Gasteiger partial charge in [-0.1, -0.05) is 48.0 Å². The number of anilines is 1. The number of carbonyl (C=O) groups is 3. The van der Waals surface area contributed by atoms with E-state index in [1.54, 1.807) is 54.6 Å². The Morgan fingerprint density at radius 2 is 1.76 bits per heavy atom. The van der Waals surface area contributed by atoms with Crippen LogP contribution in [-0.2, 0) is 24.8 Å². The van der Waals surface area contributed by atoms with Crippen molar-refractivity contribution in [2.75, 3.05) is 12.1 Å². The molecule has 0 radical (unpaired) electrons. The lowest BCUT2D eigenvalue weighted by atomic mass is 9.75. The first kappa shape index (κ1) is 22.3. The van der Waals surface area contributed by atoms with Crippen LogP contribution in [0.25, 0.3) is 0 Å². The fraction of sp³-hybridized carbons (Fsp3) is 0.222. The number of aliphatic hydroxyl groups is 1. The molecule has 186 valence electrons. The molecule has 0 saturated carbocycles. The Bertz CT molecular complexity index is 1510. The molecule has 1 aliphatic carbocycles. The summed E-state index contributed by atoms with van der Waals surface area (Å²) in [4.78, 5) is 41.0. The molecule has 9 nitrogen and oxygen atoms in total. The van der Waals surface area contributed by atoms with Crippen molar-refractivity contribution in [1.82, 2.24) is 0 Å². The minimum Gasteiger partial charge on any atom is -0.454 e. The van der Waals surface area contributed by atoms with E-state index in [0.29, 0.717) is 27.8 Å². The third-order valence-corrected chi connectivity index (χ3v) is 7.71. The van der Waals surface area contributed by atoms with Crippen LogP contribution in [0.4, 0.5) is 5.69 Å². The Labute approximate surface area is 214 Å². The first-order chi connectivity index (χ1) is 17.8. The second-order valence-electron chi connectivity index (χ2n) is 9.33. The van der Waals surface area contributed by atoms with Crippen molar-refractivity contribution in [3.05, 3.63) is 88.4 Å². The van der Waals surface area contributed by atoms with Crippen LogP contribution in [0.3, 0.4) is 0 Å². The molecule has 4 aliphatic rings. The van der Waals surface area contributed by atoms with Crippen molar-refractivity contribution in [3.63, 3.8) is 0 Å². The summed E-state index contributed by atoms with van der Waals surface area (Å²) < 4.78 is 22.5. The zero-order valence-corrected chi connectivity index (χ0v) is 19.7. The van der Waals surface area contributed by atoms with Crippen LogP contribution in [-0.4, -0.2) is 35.2 Å². The van der Waals surface area contributed by atoms with Crippen LogP contribution in [0.1, 0.15) is 27.6 Å². The van der Waals surface area contributed by atoms with Crippen LogP contribution in [0, 0.1) is 11.8 Å². The molecule has 3 heterocycles. The number of benzene rings is 3. The second-order valence-corrected chi connectivity index (χ2v) is 9.76. The maximum absolute atomic E-state index is 13.8. The molecule has 2 fully saturated rings. The van der Waals surface area contributed by atoms with Crippen molar-refractivity contribution in [2.24, 2.45) is 11.8 Å². The maximum atomic E-state index is 13.8. The highest BCUT2D eigenvalue weighted by Gasteiger charge is 2.83. The normalized spacial score (nSPS) is 30.5. The molecule has 2 saturated heterocycles. The van der Waals surface area contributed by atoms with Gasteiger partial charge >= 0.3 is 5.97 Å². The number of hydrogen-bond acceptors (Lipinski definition) is 8. The summed E-state index contributed by atoms with van der Waals surface area (Å²) in [6.45, 7) is 0.0690. The predicted octanol–water partition coefficient (Wildman–Crippen LogP) is 3.35. The third kappa shape index (κ3) is 2.84. The molecule has 7 rings (SSSR count). The molecule has 1 spiro atoms. The Morgan fingerprint density at radius 3 is 2.57 bits per heavy atom. The first-order valence-corrected chi connectivity index (χ1v) is 11.9. The van der Waals surface area contributed by atoms with E-state index in [9.17, 15) is 19.5 Å². The fourth-order valence-corrected chi connectivity index (χ4v) is 5.99. The highest BCUT2D eigenvalue weighted by Crippen LogP contribution is 2.65. The second kappa shape index (κ2) is 7.55. The van der Waals surface area contributed by atoms with Crippen LogP contribution >= 0.6 is 11.6 Å². The summed E-state index contributed by atoms with van der Waals surface area (Å²) in [6, 6.07) is 17.8. The number of rotatable bonds is 3. The van der Waals surface area contributed by atoms with Crippen LogP contribution in [0.2, 0.25) is 5.02 Å². The number of esters is 1. The lowest BCUT2D eigenvalue weighted by Gasteiger charge is -2.31. The van der Waals surface area contributed by atoms with E-state index in [-0.39, 0.29) is 17.9 Å². The Balaban J connectivity index is 1.35. The number of ketones is 1. The van der Waals surface area contributed by atoms with Gasteiger partial charge in [-0.3, -0.25) is 14.4 Å². The Kier molecular flexibility index (Phi) is 4.55. The fourth-order valence-electron chi connectivity index (χ4n) is 5.86. The van der Waals surface area contributed by atoms with Gasteiger partial charge in [0.05, 0.1) is 12.0 Å². The molecule has 2 N–H and O–H groups in total. The van der Waals surface area contributed by atoms with E-state index in [4.69, 9.17) is 30.5 Å². The predicted molar refractivity (Wildman–Crippen MR) is 127 cm³/mol. The van der Waals surface area contributed by atoms with Gasteiger partial charge in [-0.2, -0.15) is 0 Å². The van der Waals surface area contributed by atoms with Gasteiger partial charge in [0.15, 0.2) is 11.5 Å². The Morgan fingerprint density at radius 1 is 1.00 bits per heavy atom. The average molecular weight is 520 g/mol. The highest BCUT2D eigenvalue weighted by atomic mass is 35.5. The van der Waals surface area contributed by atoms with Crippen LogP contribution in [0.15, 0.2) is 66.7 Å². The monoisotopic (exact) mass is 519 g/mol. The number of halogens is 1. The summed E-state index contributed by atoms with van der Waals surface area (Å²) in [5.74, 6) is -6.10. The minimum absolute atomic E-state index is 0.0690. The number of amides is 1. The van der Waals surface area contributed by atoms with Crippen molar-refractivity contribution in [2.45, 2.75) is 17.5 Å². The molecule has 0 unspecified atom stereocenters. The molecule has 37 heavy (non-hydrogen) atoms. The van der Waals surface area contributed by atoms with Gasteiger partial charge in [0.25, 0.3) is 5.79 Å². The maximum Gasteiger partial charge on any atom is 0.316 e. The molecule has 5 atom stereocenters. The SMILES string of the molecule is O=C(Nc1ccc2c(c1)OCO2)[C@H]1[C@H]2C(=O)O[C@]3(O)c4ccccc4C(=O)[C@]23O[C@H]1c1ccc(Cl)cc1. The molecule has 3 aromatic carbocycles. The number of hydrogen-bond donors (Lipinski definition) is 2. The van der Waals surface area contributed by atoms with E-state index < -0.39 is 47.0 Å². The van der Waals surface area contributed by atoms with Gasteiger partial charge in [-0.15, -0.1) is 0 Å². The zero-order valence-electron chi connectivity index (χ0n) is 19.0. The van der Waals surface area contributed by atoms with E-state index in [0.717, 1.165) is 0 Å². The largest absolute Gasteiger partial charge is 0.454 e. The molecule has 3 aliphatic heterocycles. The van der Waals surface area contributed by atoms with Gasteiger partial charge in [-0.05, 0) is 29.8 Å². The zero-order chi connectivity index (χ0) is 25.5. The van der Waals surface area contributed by atoms with Crippen LogP contribution < -0.4 is 14.8 Å². The van der Waals surface area contributed by atoms with Crippen LogP contribution in [0.5, 0.6) is 11.5 Å². The topological polar surface area (TPSA) is 120 Å². The Hall–Kier alpha value is -3.92. The van der Waals surface area contributed by atoms with Gasteiger partial charge in [-0.25, -0.2) is 0 Å². The van der Waals surface area contributed by atoms with Gasteiger partial charge in [0, 0.05) is 27.9 Å². The summed E-state index contributed by atoms with van der Waals surface area (Å²) in [5.41, 5.74) is -0.919. The van der Waals surface area contributed by atoms with Crippen molar-refractivity contribution >= 4 is 34.9 Å². The summed E-state index contributed by atoms with van der Waals surface area (Å²) in [5, 5.41) is 15.0. The van der Waals surface area contributed by atoms with E-state index >= 15 is 0 Å². The van der Waals surface area contributed by atoms with Crippen molar-refractivity contribution < 1.29 is 38.4 Å². The first-order valence-electron chi connectivity index (χ1n) is 11.6. The smallest absolute Gasteiger partial charge is 0.316 e. The quantitative estimate of drug-likeness (QED) is 0.505. The van der Waals surface area contributed by atoms with Crippen molar-refractivity contribution in [3.8, 4) is 11.5 Å². The van der Waals surface area contributed by atoms with Gasteiger partial charge in [0.1, 0.15) is 5.92 Å². The van der Waals surface area contributed by atoms with Gasteiger partial charge < -0.3 is 29.4 Å². The number of ether oxygens (including phenoxy) is 4. The summed E-state index contributed by atoms with van der Waals surface area (Å²) in [7, 11) is 0. The standard InChI is InChI=1S/C27H18ClNO8/c28-14-7-5-13(6-8-14)22-20(24(31)29-15-9-10-18-19(11-15)35-12-34-18)21-25(32)37-27(33)17-4-2-1-3-16(17)23(30)26(21,27)36-22/h1-11,20-22,33H,12H2,(H,29,31)/t20-,21-,22-,26+,27+/m0/s1. The molecular weight excluding hydrogens is 502 g/mol. The van der Waals surface area contributed by atoms with Crippen molar-refractivity contribution in [1.29, 1.82) is 0 Å². The molecule has 0 aromatic heterocycles. The number of Topliss-reactive ketones (excluding diaryl/α,β-unsaturated/α-hetero) is 1. The van der Waals surface area contributed by atoms with E-state index in [2.05, 4.69) is 5.32 Å². The van der Waals surface area contributed by atoms with Gasteiger partial charge in [0.2, 0.25) is 24.1 Å². The number of nitrogens with one attached hydrogen (secondary N) is 1. The molecule has 0 bridgehead atoms. The molecule has 10 heteroatoms. The summed E-state index contributed by atoms with van der Waals surface area (Å²) in [6.07, 6.45) is -1.06. The van der Waals surface area contributed by atoms with E-state index in [1.165, 1.54) is 12.1 Å². The van der Waals surface area contributed by atoms with E-state index in [1.807, 2.05) is 0 Å². The minimum atomic E-state index is -2.37. The number of carbonyl (C=O) groups excluding carboxylic acids is 3. The highest BCUT2D eigenvalue weighted by molar-refractivity contribution is 6.30. The lowest BCUT2D eigenvalue weighted by Crippen LogP contribution is -2.53. The molecular formula is C27H18ClNO8. The lowest BCUT2D eigenvalue weighted by molar-refractivity contribution is -0.253. The number of fused-ring (bicyclic) bond motifs is 3.